The van der Waals surface area contributed by atoms with Crippen LogP contribution in [0.3, 0.4) is 0 Å². The molecule has 50 heavy (non-hydrogen) atoms. The van der Waals surface area contributed by atoms with Crippen LogP contribution in [0.25, 0.3) is 16.6 Å². The van der Waals surface area contributed by atoms with Crippen molar-refractivity contribution >= 4 is 40.1 Å². The van der Waals surface area contributed by atoms with Crippen molar-refractivity contribution in [2.75, 3.05) is 0 Å². The van der Waals surface area contributed by atoms with E-state index < -0.39 is 11.8 Å². The maximum Gasteiger partial charge on any atom is 1.00 e. The smallest absolute Gasteiger partial charge is 0.545 e. The molecule has 0 radical (unpaired) electrons. The molecule has 4 aromatic carbocycles. The van der Waals surface area contributed by atoms with Gasteiger partial charge in [-0.2, -0.15) is 8.75 Å². The first-order chi connectivity index (χ1) is 23.5. The van der Waals surface area contributed by atoms with E-state index in [-0.39, 0.29) is 76.6 Å². The van der Waals surface area contributed by atoms with Gasteiger partial charge in [-0.1, -0.05) is 36.4 Å². The number of benzene rings is 4. The molecule has 0 saturated heterocycles. The first kappa shape index (κ1) is 38.6. The SMILES string of the molecule is CC(C)Oc1cc(CC(C(=O)c2ccc(OCc3ccccc3)cc2)=C(C(=O)[O-])c2ccc3nsnc3c2)cc(OC(C)C)c1OC(C)C.[Na+]. The number of carbonyl (C=O) groups excluding carboxylic acids is 2. The number of ketones is 1. The predicted octanol–water partition coefficient (Wildman–Crippen LogP) is 4.27. The Morgan fingerprint density at radius 2 is 1.28 bits per heavy atom. The van der Waals surface area contributed by atoms with Gasteiger partial charge in [0.25, 0.3) is 0 Å². The van der Waals surface area contributed by atoms with Crippen molar-refractivity contribution in [3.63, 3.8) is 0 Å². The molecule has 1 heterocycles. The topological polar surface area (TPSA) is 120 Å². The van der Waals surface area contributed by atoms with Crippen LogP contribution in [0.2, 0.25) is 0 Å². The Balaban J connectivity index is 0.00000562. The minimum Gasteiger partial charge on any atom is -0.545 e. The molecule has 0 aliphatic rings. The molecular formula is C39H39N2NaO7S. The summed E-state index contributed by atoms with van der Waals surface area (Å²) in [5.41, 5.74) is 3.07. The summed E-state index contributed by atoms with van der Waals surface area (Å²) in [4.78, 5) is 27.4. The fraction of sp³-hybridized carbons (Fsp3) is 0.282. The zero-order valence-corrected chi connectivity index (χ0v) is 32.2. The van der Waals surface area contributed by atoms with Gasteiger partial charge in [-0.15, -0.1) is 0 Å². The number of fused-ring (bicyclic) bond motifs is 1. The molecule has 0 atom stereocenters. The molecule has 0 spiro atoms. The quantitative estimate of drug-likeness (QED) is 0.0896. The molecule has 0 bridgehead atoms. The number of ether oxygens (including phenoxy) is 4. The first-order valence-electron chi connectivity index (χ1n) is 16.1. The molecule has 0 N–H and O–H groups in total. The van der Waals surface area contributed by atoms with Crippen molar-refractivity contribution in [3.8, 4) is 23.0 Å². The number of aliphatic carboxylic acids is 1. The normalized spacial score (nSPS) is 11.7. The molecule has 0 saturated carbocycles. The van der Waals surface area contributed by atoms with Gasteiger partial charge in [-0.05, 0) is 107 Å². The minimum atomic E-state index is -1.49. The molecule has 11 heteroatoms. The Kier molecular flexibility index (Phi) is 13.6. The zero-order valence-electron chi connectivity index (χ0n) is 29.4. The van der Waals surface area contributed by atoms with Gasteiger partial charge in [0, 0.05) is 23.1 Å². The van der Waals surface area contributed by atoms with Crippen LogP contribution >= 0.6 is 11.7 Å². The van der Waals surface area contributed by atoms with Crippen LogP contribution in [0.4, 0.5) is 0 Å². The molecule has 0 fully saturated rings. The summed E-state index contributed by atoms with van der Waals surface area (Å²) < 4.78 is 32.9. The summed E-state index contributed by atoms with van der Waals surface area (Å²) in [5.74, 6) is -0.122. The molecule has 9 nitrogen and oxygen atoms in total. The summed E-state index contributed by atoms with van der Waals surface area (Å²) in [7, 11) is 0. The summed E-state index contributed by atoms with van der Waals surface area (Å²) in [6.45, 7) is 11.8. The second-order valence-corrected chi connectivity index (χ2v) is 12.9. The van der Waals surface area contributed by atoms with Gasteiger partial charge in [0.2, 0.25) is 5.75 Å². The largest absolute Gasteiger partial charge is 1.00 e. The fourth-order valence-corrected chi connectivity index (χ4v) is 5.74. The number of carboxylic acids is 1. The maximum atomic E-state index is 14.4. The van der Waals surface area contributed by atoms with Crippen molar-refractivity contribution in [3.05, 3.63) is 113 Å². The number of carbonyl (C=O) groups is 2. The van der Waals surface area contributed by atoms with Gasteiger partial charge in [0.1, 0.15) is 23.4 Å². The Hall–Kier alpha value is -4.22. The summed E-state index contributed by atoms with van der Waals surface area (Å²) in [6, 6.07) is 24.8. The number of rotatable bonds is 15. The third-order valence-electron chi connectivity index (χ3n) is 7.23. The maximum absolute atomic E-state index is 14.4. The van der Waals surface area contributed by atoms with Crippen molar-refractivity contribution in [2.24, 2.45) is 0 Å². The second kappa shape index (κ2) is 17.6. The molecule has 254 valence electrons. The Labute approximate surface area is 318 Å². The van der Waals surface area contributed by atoms with Crippen LogP contribution in [0, 0.1) is 0 Å². The molecular weight excluding hydrogens is 663 g/mol. The number of Topliss-reactive ketones (excluding diaryl/α,β-unsaturated/α-hetero) is 1. The average Bonchev–Trinajstić information content (AvgIpc) is 3.53. The fourth-order valence-electron chi connectivity index (χ4n) is 5.22. The number of nitrogens with zero attached hydrogens (tertiary/aromatic N) is 2. The number of hydrogen-bond acceptors (Lipinski definition) is 10. The molecule has 0 unspecified atom stereocenters. The molecule has 1 aromatic heterocycles. The van der Waals surface area contributed by atoms with Gasteiger partial charge in [-0.3, -0.25) is 4.79 Å². The van der Waals surface area contributed by atoms with E-state index in [9.17, 15) is 14.7 Å². The molecule has 0 aliphatic carbocycles. The van der Waals surface area contributed by atoms with E-state index in [1.54, 1.807) is 54.6 Å². The van der Waals surface area contributed by atoms with Crippen LogP contribution in [-0.4, -0.2) is 38.8 Å². The van der Waals surface area contributed by atoms with Crippen LogP contribution in [-0.2, 0) is 17.8 Å². The molecule has 0 aliphatic heterocycles. The second-order valence-electron chi connectivity index (χ2n) is 12.3. The van der Waals surface area contributed by atoms with Crippen LogP contribution < -0.4 is 53.6 Å². The van der Waals surface area contributed by atoms with E-state index in [0.29, 0.717) is 46.2 Å². The minimum absolute atomic E-state index is 0. The summed E-state index contributed by atoms with van der Waals surface area (Å²) in [5, 5.41) is 13.0. The number of allylic oxidation sites excluding steroid dienone is 1. The van der Waals surface area contributed by atoms with E-state index in [1.807, 2.05) is 71.9 Å². The van der Waals surface area contributed by atoms with Crippen molar-refractivity contribution in [2.45, 2.75) is 72.9 Å². The monoisotopic (exact) mass is 702 g/mol. The van der Waals surface area contributed by atoms with Gasteiger partial charge in [0.05, 0.1) is 36.0 Å². The Bertz CT molecular complexity index is 1920. The van der Waals surface area contributed by atoms with Crippen LogP contribution in [0.1, 0.15) is 68.6 Å². The van der Waals surface area contributed by atoms with Gasteiger partial charge in [-0.25, -0.2) is 0 Å². The Morgan fingerprint density at radius 3 is 1.86 bits per heavy atom. The van der Waals surface area contributed by atoms with Crippen molar-refractivity contribution in [1.29, 1.82) is 0 Å². The summed E-state index contributed by atoms with van der Waals surface area (Å²) in [6.07, 6.45) is -0.653. The van der Waals surface area contributed by atoms with Crippen LogP contribution in [0.15, 0.2) is 90.5 Å². The average molecular weight is 703 g/mol. The van der Waals surface area contributed by atoms with E-state index in [2.05, 4.69) is 8.75 Å². The number of carboxylic acid groups (broad SMARTS) is 1. The summed E-state index contributed by atoms with van der Waals surface area (Å²) >= 11 is 1.02. The molecule has 0 amide bonds. The van der Waals surface area contributed by atoms with E-state index in [0.717, 1.165) is 17.3 Å². The third-order valence-corrected chi connectivity index (χ3v) is 7.78. The third kappa shape index (κ3) is 9.94. The zero-order chi connectivity index (χ0) is 35.1. The molecule has 5 aromatic rings. The van der Waals surface area contributed by atoms with Crippen LogP contribution in [0.5, 0.6) is 23.0 Å². The van der Waals surface area contributed by atoms with E-state index >= 15 is 0 Å². The first-order valence-corrected chi connectivity index (χ1v) is 16.9. The van der Waals surface area contributed by atoms with Crippen molar-refractivity contribution < 1.29 is 63.2 Å². The number of hydrogen-bond donors (Lipinski definition) is 0. The standard InChI is InChI=1S/C39H40N2O7S.Na/c1-23(2)46-34-19-27(20-35(47-24(3)4)38(34)48-25(5)6)18-31(36(39(43)44)29-14-17-32-33(21-29)41-49-40-32)37(42)28-12-15-30(16-13-28)45-22-26-10-8-7-9-11-26;/h7-17,19-21,23-25H,18,22H2,1-6H3,(H,43,44);/q;+1/p-1. The number of aromatic nitrogens is 2. The van der Waals surface area contributed by atoms with E-state index in [1.165, 1.54) is 0 Å². The van der Waals surface area contributed by atoms with Crippen molar-refractivity contribution in [1.82, 2.24) is 8.75 Å². The predicted molar refractivity (Wildman–Crippen MR) is 188 cm³/mol. The van der Waals surface area contributed by atoms with Gasteiger partial charge < -0.3 is 28.8 Å². The Morgan fingerprint density at radius 1 is 0.700 bits per heavy atom. The van der Waals surface area contributed by atoms with E-state index in [4.69, 9.17) is 18.9 Å². The molecule has 5 rings (SSSR count). The van der Waals surface area contributed by atoms with Gasteiger partial charge in [0.15, 0.2) is 17.3 Å². The van der Waals surface area contributed by atoms with Gasteiger partial charge >= 0.3 is 29.6 Å².